The van der Waals surface area contributed by atoms with E-state index in [-0.39, 0.29) is 0 Å². The molecule has 0 saturated carbocycles. The van der Waals surface area contributed by atoms with Gasteiger partial charge in [0.1, 0.15) is 10.8 Å². The van der Waals surface area contributed by atoms with Gasteiger partial charge in [-0.05, 0) is 13.8 Å². The highest BCUT2D eigenvalue weighted by atomic mass is 35.5. The van der Waals surface area contributed by atoms with E-state index in [2.05, 4.69) is 15.1 Å². The number of aryl methyl sites for hydroxylation is 1. The van der Waals surface area contributed by atoms with Gasteiger partial charge in [-0.2, -0.15) is 5.10 Å². The molecule has 5 nitrogen and oxygen atoms in total. The molecule has 0 saturated heterocycles. The highest BCUT2D eigenvalue weighted by Crippen LogP contribution is 2.25. The van der Waals surface area contributed by atoms with Crippen molar-refractivity contribution in [1.29, 1.82) is 0 Å². The van der Waals surface area contributed by atoms with Gasteiger partial charge in [-0.25, -0.2) is 9.97 Å². The number of ether oxygens (including phenoxy) is 1. The molecule has 0 aliphatic rings. The number of methoxy groups -OCH3 is 1. The zero-order valence-electron chi connectivity index (χ0n) is 10.8. The van der Waals surface area contributed by atoms with Crippen molar-refractivity contribution in [2.45, 2.75) is 19.4 Å². The van der Waals surface area contributed by atoms with Crippen LogP contribution >= 0.6 is 11.6 Å². The maximum Gasteiger partial charge on any atom is 0.161 e. The molecule has 0 atom stereocenters. The topological polar surface area (TPSA) is 52.8 Å². The molecule has 18 heavy (non-hydrogen) atoms. The fourth-order valence-corrected chi connectivity index (χ4v) is 1.66. The van der Waals surface area contributed by atoms with Crippen molar-refractivity contribution in [3.8, 4) is 11.3 Å². The lowest BCUT2D eigenvalue weighted by Gasteiger charge is -2.21. The summed E-state index contributed by atoms with van der Waals surface area (Å²) in [7, 11) is 3.47. The van der Waals surface area contributed by atoms with Crippen molar-refractivity contribution in [1.82, 2.24) is 19.7 Å². The van der Waals surface area contributed by atoms with E-state index < -0.39 is 5.60 Å². The van der Waals surface area contributed by atoms with Gasteiger partial charge >= 0.3 is 0 Å². The van der Waals surface area contributed by atoms with Gasteiger partial charge in [0, 0.05) is 32.0 Å². The SMILES string of the molecule is COC(C)(C)c1nc(Cl)cc(-c2cnn(C)c2)n1. The van der Waals surface area contributed by atoms with Crippen LogP contribution in [0.5, 0.6) is 0 Å². The number of hydrogen-bond acceptors (Lipinski definition) is 4. The fourth-order valence-electron chi connectivity index (χ4n) is 1.48. The molecular weight excluding hydrogens is 252 g/mol. The van der Waals surface area contributed by atoms with Crippen molar-refractivity contribution in [3.05, 3.63) is 29.4 Å². The summed E-state index contributed by atoms with van der Waals surface area (Å²) in [5, 5.41) is 4.51. The first kappa shape index (κ1) is 13.0. The van der Waals surface area contributed by atoms with Crippen LogP contribution in [0.1, 0.15) is 19.7 Å². The molecule has 96 valence electrons. The van der Waals surface area contributed by atoms with E-state index >= 15 is 0 Å². The lowest BCUT2D eigenvalue weighted by Crippen LogP contribution is -2.23. The summed E-state index contributed by atoms with van der Waals surface area (Å²) in [4.78, 5) is 8.70. The molecule has 0 unspecified atom stereocenters. The average Bonchev–Trinajstić information content (AvgIpc) is 2.75. The lowest BCUT2D eigenvalue weighted by molar-refractivity contribution is 0.0116. The smallest absolute Gasteiger partial charge is 0.161 e. The van der Waals surface area contributed by atoms with E-state index in [9.17, 15) is 0 Å². The van der Waals surface area contributed by atoms with E-state index in [4.69, 9.17) is 16.3 Å². The van der Waals surface area contributed by atoms with Crippen molar-refractivity contribution in [2.24, 2.45) is 7.05 Å². The van der Waals surface area contributed by atoms with Crippen LogP contribution in [0.15, 0.2) is 18.5 Å². The normalized spacial score (nSPS) is 11.8. The molecule has 2 rings (SSSR count). The Bertz CT molecular complexity index is 565. The second kappa shape index (κ2) is 4.66. The number of halogens is 1. The summed E-state index contributed by atoms with van der Waals surface area (Å²) in [6.07, 6.45) is 3.62. The molecule has 0 aromatic carbocycles. The Labute approximate surface area is 111 Å². The average molecular weight is 267 g/mol. The van der Waals surface area contributed by atoms with Crippen LogP contribution in [0, 0.1) is 0 Å². The second-order valence-corrected chi connectivity index (χ2v) is 4.90. The summed E-state index contributed by atoms with van der Waals surface area (Å²) in [6.45, 7) is 3.79. The maximum absolute atomic E-state index is 6.04. The summed E-state index contributed by atoms with van der Waals surface area (Å²) in [5.41, 5.74) is 1.06. The minimum absolute atomic E-state index is 0.393. The standard InChI is InChI=1S/C12H15ClN4O/c1-12(2,18-4)11-15-9(5-10(13)16-11)8-6-14-17(3)7-8/h5-7H,1-4H3. The van der Waals surface area contributed by atoms with Crippen molar-refractivity contribution in [2.75, 3.05) is 7.11 Å². The third kappa shape index (κ3) is 2.52. The summed E-state index contributed by atoms with van der Waals surface area (Å²) < 4.78 is 7.09. The van der Waals surface area contributed by atoms with E-state index in [0.717, 1.165) is 11.3 Å². The van der Waals surface area contributed by atoms with Gasteiger partial charge in [-0.15, -0.1) is 0 Å². The van der Waals surface area contributed by atoms with Crippen LogP contribution in [0.2, 0.25) is 5.15 Å². The molecule has 0 aliphatic heterocycles. The molecule has 2 aromatic heterocycles. The van der Waals surface area contributed by atoms with Crippen LogP contribution in [0.3, 0.4) is 0 Å². The van der Waals surface area contributed by atoms with Crippen LogP contribution in [0.4, 0.5) is 0 Å². The van der Waals surface area contributed by atoms with Crippen LogP contribution in [0.25, 0.3) is 11.3 Å². The Kier molecular flexibility index (Phi) is 3.36. The number of nitrogens with zero attached hydrogens (tertiary/aromatic N) is 4. The van der Waals surface area contributed by atoms with Crippen LogP contribution in [-0.4, -0.2) is 26.9 Å². The molecule has 2 heterocycles. The van der Waals surface area contributed by atoms with Crippen LogP contribution in [-0.2, 0) is 17.4 Å². The molecule has 0 amide bonds. The van der Waals surface area contributed by atoms with Gasteiger partial charge in [-0.3, -0.25) is 4.68 Å². The molecular formula is C12H15ClN4O. The lowest BCUT2D eigenvalue weighted by atomic mass is 10.1. The Morgan fingerprint density at radius 3 is 2.61 bits per heavy atom. The first-order valence-corrected chi connectivity index (χ1v) is 5.89. The predicted octanol–water partition coefficient (Wildman–Crippen LogP) is 2.41. The third-order valence-electron chi connectivity index (χ3n) is 2.74. The summed E-state index contributed by atoms with van der Waals surface area (Å²) in [5.74, 6) is 0.552. The van der Waals surface area contributed by atoms with Crippen molar-refractivity contribution >= 4 is 11.6 Å². The summed E-state index contributed by atoms with van der Waals surface area (Å²) >= 11 is 6.04. The van der Waals surface area contributed by atoms with Gasteiger partial charge in [0.15, 0.2) is 5.82 Å². The first-order valence-electron chi connectivity index (χ1n) is 5.51. The van der Waals surface area contributed by atoms with Gasteiger partial charge < -0.3 is 4.74 Å². The molecule has 0 spiro atoms. The quantitative estimate of drug-likeness (QED) is 0.801. The van der Waals surface area contributed by atoms with E-state index in [1.807, 2.05) is 27.1 Å². The molecule has 0 aliphatic carbocycles. The van der Waals surface area contributed by atoms with Gasteiger partial charge in [0.2, 0.25) is 0 Å². The zero-order valence-corrected chi connectivity index (χ0v) is 11.6. The number of rotatable bonds is 3. The largest absolute Gasteiger partial charge is 0.371 e. The minimum atomic E-state index is -0.581. The maximum atomic E-state index is 6.04. The molecule has 0 bridgehead atoms. The van der Waals surface area contributed by atoms with Crippen LogP contribution < -0.4 is 0 Å². The monoisotopic (exact) mass is 266 g/mol. The molecule has 0 N–H and O–H groups in total. The van der Waals surface area contributed by atoms with Gasteiger partial charge in [-0.1, -0.05) is 11.6 Å². The molecule has 0 fully saturated rings. The van der Waals surface area contributed by atoms with E-state index in [0.29, 0.717) is 11.0 Å². The number of hydrogen-bond donors (Lipinski definition) is 0. The molecule has 0 radical (unpaired) electrons. The molecule has 2 aromatic rings. The van der Waals surface area contributed by atoms with Crippen molar-refractivity contribution < 1.29 is 4.74 Å². The van der Waals surface area contributed by atoms with Gasteiger partial charge in [0.05, 0.1) is 11.9 Å². The van der Waals surface area contributed by atoms with E-state index in [1.165, 1.54) is 0 Å². The Morgan fingerprint density at radius 2 is 2.06 bits per heavy atom. The Balaban J connectivity index is 2.51. The predicted molar refractivity (Wildman–Crippen MR) is 69.3 cm³/mol. The summed E-state index contributed by atoms with van der Waals surface area (Å²) in [6, 6.07) is 1.72. The Hall–Kier alpha value is -1.46. The van der Waals surface area contributed by atoms with Gasteiger partial charge in [0.25, 0.3) is 0 Å². The van der Waals surface area contributed by atoms with E-state index in [1.54, 1.807) is 24.1 Å². The first-order chi connectivity index (χ1) is 8.42. The minimum Gasteiger partial charge on any atom is -0.371 e. The number of aromatic nitrogens is 4. The van der Waals surface area contributed by atoms with Crippen molar-refractivity contribution in [3.63, 3.8) is 0 Å². The second-order valence-electron chi connectivity index (χ2n) is 4.52. The highest BCUT2D eigenvalue weighted by molar-refractivity contribution is 6.29. The third-order valence-corrected chi connectivity index (χ3v) is 2.94. The zero-order chi connectivity index (χ0) is 13.3. The molecule has 6 heteroatoms. The Morgan fingerprint density at radius 1 is 1.33 bits per heavy atom. The fraction of sp³-hybridized carbons (Fsp3) is 0.417. The highest BCUT2D eigenvalue weighted by Gasteiger charge is 2.24.